The highest BCUT2D eigenvalue weighted by Crippen LogP contribution is 2.23. The molecule has 2 aromatic rings. The number of rotatable bonds is 12. The predicted molar refractivity (Wildman–Crippen MR) is 123 cm³/mol. The van der Waals surface area contributed by atoms with Gasteiger partial charge in [-0.15, -0.1) is 0 Å². The van der Waals surface area contributed by atoms with E-state index in [1.54, 1.807) is 13.2 Å². The maximum Gasteiger partial charge on any atom is 0.237 e. The Kier molecular flexibility index (Phi) is 9.09. The average molecular weight is 424 g/mol. The van der Waals surface area contributed by atoms with Crippen molar-refractivity contribution >= 4 is 5.91 Å². The normalized spacial score (nSPS) is 18.6. The number of hydrogen-bond donors (Lipinski definition) is 2. The molecule has 0 bridgehead atoms. The van der Waals surface area contributed by atoms with E-state index >= 15 is 0 Å². The minimum absolute atomic E-state index is 0.0620. The van der Waals surface area contributed by atoms with E-state index in [4.69, 9.17) is 9.47 Å². The van der Waals surface area contributed by atoms with Crippen molar-refractivity contribution in [1.29, 1.82) is 0 Å². The van der Waals surface area contributed by atoms with Crippen molar-refractivity contribution < 1.29 is 14.3 Å². The van der Waals surface area contributed by atoms with Gasteiger partial charge in [0.15, 0.2) is 0 Å². The van der Waals surface area contributed by atoms with Gasteiger partial charge in [-0.3, -0.25) is 9.69 Å². The van der Waals surface area contributed by atoms with Crippen LogP contribution in [-0.4, -0.2) is 56.3 Å². The SMILES string of the molecule is C=CCOc1ccccc1CN[C@H]1C[C@@H](C(=O)NCCOC)N(Cc2ccccc2)C1. The van der Waals surface area contributed by atoms with Crippen LogP contribution >= 0.6 is 0 Å². The third-order valence-corrected chi connectivity index (χ3v) is 5.45. The molecule has 31 heavy (non-hydrogen) atoms. The molecule has 0 radical (unpaired) electrons. The standard InChI is InChI=1S/C25H33N3O3/c1-3-14-31-24-12-8-7-11-21(24)17-27-22-16-23(25(29)26-13-15-30-2)28(19-22)18-20-9-5-4-6-10-20/h3-12,22-23,27H,1,13-19H2,2H3,(H,26,29)/t22-,23-/m0/s1. The lowest BCUT2D eigenvalue weighted by atomic mass is 10.1. The third kappa shape index (κ3) is 6.92. The van der Waals surface area contributed by atoms with E-state index in [0.717, 1.165) is 30.8 Å². The molecule has 2 N–H and O–H groups in total. The lowest BCUT2D eigenvalue weighted by molar-refractivity contribution is -0.125. The van der Waals surface area contributed by atoms with Crippen molar-refractivity contribution in [1.82, 2.24) is 15.5 Å². The summed E-state index contributed by atoms with van der Waals surface area (Å²) in [5.41, 5.74) is 2.31. The molecule has 2 atom stereocenters. The molecule has 1 aliphatic rings. The second-order valence-electron chi connectivity index (χ2n) is 7.74. The maximum atomic E-state index is 12.8. The molecule has 1 saturated heterocycles. The molecule has 166 valence electrons. The summed E-state index contributed by atoms with van der Waals surface area (Å²) >= 11 is 0. The fourth-order valence-electron chi connectivity index (χ4n) is 3.90. The summed E-state index contributed by atoms with van der Waals surface area (Å²) in [7, 11) is 1.64. The Balaban J connectivity index is 1.63. The third-order valence-electron chi connectivity index (χ3n) is 5.45. The highest BCUT2D eigenvalue weighted by molar-refractivity contribution is 5.82. The summed E-state index contributed by atoms with van der Waals surface area (Å²) < 4.78 is 10.8. The Morgan fingerprint density at radius 1 is 1.19 bits per heavy atom. The van der Waals surface area contributed by atoms with Gasteiger partial charge in [-0.1, -0.05) is 61.2 Å². The number of ether oxygens (including phenoxy) is 2. The zero-order valence-corrected chi connectivity index (χ0v) is 18.3. The van der Waals surface area contributed by atoms with Gasteiger partial charge < -0.3 is 20.1 Å². The maximum absolute atomic E-state index is 12.8. The molecule has 0 saturated carbocycles. The van der Waals surface area contributed by atoms with E-state index in [-0.39, 0.29) is 18.0 Å². The molecule has 6 heteroatoms. The molecular weight excluding hydrogens is 390 g/mol. The van der Waals surface area contributed by atoms with Gasteiger partial charge in [-0.25, -0.2) is 0 Å². The topological polar surface area (TPSA) is 62.8 Å². The molecular formula is C25H33N3O3. The summed E-state index contributed by atoms with van der Waals surface area (Å²) in [5.74, 6) is 0.926. The predicted octanol–water partition coefficient (Wildman–Crippen LogP) is 2.75. The lowest BCUT2D eigenvalue weighted by Crippen LogP contribution is -2.43. The second-order valence-corrected chi connectivity index (χ2v) is 7.74. The summed E-state index contributed by atoms with van der Waals surface area (Å²) in [4.78, 5) is 15.1. The van der Waals surface area contributed by atoms with Crippen LogP contribution in [0.4, 0.5) is 0 Å². The number of nitrogens with zero attached hydrogens (tertiary/aromatic N) is 1. The van der Waals surface area contributed by atoms with Gasteiger partial charge in [0.2, 0.25) is 5.91 Å². The molecule has 2 aromatic carbocycles. The van der Waals surface area contributed by atoms with Crippen LogP contribution in [0.5, 0.6) is 5.75 Å². The van der Waals surface area contributed by atoms with Crippen LogP contribution in [0.2, 0.25) is 0 Å². The van der Waals surface area contributed by atoms with E-state index in [1.807, 2.05) is 36.4 Å². The molecule has 1 amide bonds. The second kappa shape index (κ2) is 12.2. The Morgan fingerprint density at radius 3 is 2.74 bits per heavy atom. The minimum atomic E-state index is -0.165. The van der Waals surface area contributed by atoms with Gasteiger partial charge in [0.05, 0.1) is 12.6 Å². The number of para-hydroxylation sites is 1. The van der Waals surface area contributed by atoms with Crippen molar-refractivity contribution in [3.63, 3.8) is 0 Å². The first-order valence-electron chi connectivity index (χ1n) is 10.8. The van der Waals surface area contributed by atoms with Crippen LogP contribution in [0.1, 0.15) is 17.5 Å². The highest BCUT2D eigenvalue weighted by Gasteiger charge is 2.36. The van der Waals surface area contributed by atoms with Crippen LogP contribution in [0, 0.1) is 0 Å². The Hall–Kier alpha value is -2.67. The van der Waals surface area contributed by atoms with Gasteiger partial charge in [0.1, 0.15) is 12.4 Å². The van der Waals surface area contributed by atoms with Crippen LogP contribution in [0.25, 0.3) is 0 Å². The number of carbonyl (C=O) groups is 1. The van der Waals surface area contributed by atoms with Crippen LogP contribution in [0.15, 0.2) is 67.3 Å². The zero-order valence-electron chi connectivity index (χ0n) is 18.3. The summed E-state index contributed by atoms with van der Waals surface area (Å²) in [5, 5.41) is 6.64. The number of methoxy groups -OCH3 is 1. The smallest absolute Gasteiger partial charge is 0.237 e. The monoisotopic (exact) mass is 423 g/mol. The van der Waals surface area contributed by atoms with Gasteiger partial charge in [0.25, 0.3) is 0 Å². The average Bonchev–Trinajstić information content (AvgIpc) is 3.20. The van der Waals surface area contributed by atoms with Crippen molar-refractivity contribution in [2.75, 3.05) is 33.4 Å². The van der Waals surface area contributed by atoms with Crippen molar-refractivity contribution in [3.05, 3.63) is 78.4 Å². The quantitative estimate of drug-likeness (QED) is 0.406. The van der Waals surface area contributed by atoms with Crippen LogP contribution in [0.3, 0.4) is 0 Å². The highest BCUT2D eigenvalue weighted by atomic mass is 16.5. The van der Waals surface area contributed by atoms with Crippen molar-refractivity contribution in [2.24, 2.45) is 0 Å². The number of amides is 1. The summed E-state index contributed by atoms with van der Waals surface area (Å²) in [6.45, 7) is 7.49. The molecule has 1 aliphatic heterocycles. The van der Waals surface area contributed by atoms with Gasteiger partial charge in [0, 0.05) is 44.9 Å². The Morgan fingerprint density at radius 2 is 1.97 bits per heavy atom. The number of hydrogen-bond acceptors (Lipinski definition) is 5. The van der Waals surface area contributed by atoms with E-state index < -0.39 is 0 Å². The minimum Gasteiger partial charge on any atom is -0.489 e. The first-order valence-corrected chi connectivity index (χ1v) is 10.8. The first kappa shape index (κ1) is 23.0. The molecule has 1 fully saturated rings. The molecule has 0 aromatic heterocycles. The van der Waals surface area contributed by atoms with E-state index in [0.29, 0.717) is 26.3 Å². The molecule has 0 aliphatic carbocycles. The summed E-state index contributed by atoms with van der Waals surface area (Å²) in [6, 6.07) is 18.4. The van der Waals surface area contributed by atoms with Gasteiger partial charge >= 0.3 is 0 Å². The number of nitrogens with one attached hydrogen (secondary N) is 2. The van der Waals surface area contributed by atoms with E-state index in [2.05, 4.69) is 40.3 Å². The summed E-state index contributed by atoms with van der Waals surface area (Å²) in [6.07, 6.45) is 2.51. The molecule has 6 nitrogen and oxygen atoms in total. The molecule has 0 spiro atoms. The first-order chi connectivity index (χ1) is 15.2. The van der Waals surface area contributed by atoms with Crippen molar-refractivity contribution in [2.45, 2.75) is 31.6 Å². The van der Waals surface area contributed by atoms with Gasteiger partial charge in [-0.05, 0) is 18.1 Å². The Bertz CT molecular complexity index is 828. The van der Waals surface area contributed by atoms with Gasteiger partial charge in [-0.2, -0.15) is 0 Å². The van der Waals surface area contributed by atoms with Crippen molar-refractivity contribution in [3.8, 4) is 5.75 Å². The van der Waals surface area contributed by atoms with E-state index in [1.165, 1.54) is 5.56 Å². The van der Waals surface area contributed by atoms with Crippen LogP contribution < -0.4 is 15.4 Å². The zero-order chi connectivity index (χ0) is 21.9. The fraction of sp³-hybridized carbons (Fsp3) is 0.400. The Labute approximate surface area is 185 Å². The fourth-order valence-corrected chi connectivity index (χ4v) is 3.90. The van der Waals surface area contributed by atoms with E-state index in [9.17, 15) is 4.79 Å². The molecule has 3 rings (SSSR count). The van der Waals surface area contributed by atoms with Crippen LogP contribution in [-0.2, 0) is 22.6 Å². The largest absolute Gasteiger partial charge is 0.489 e. The molecule has 0 unspecified atom stereocenters. The lowest BCUT2D eigenvalue weighted by Gasteiger charge is -2.23. The number of benzene rings is 2. The number of likely N-dealkylation sites (tertiary alicyclic amines) is 1. The molecule has 1 heterocycles. The number of carbonyl (C=O) groups excluding carboxylic acids is 1.